The third kappa shape index (κ3) is 2.57. The molecule has 0 aliphatic heterocycles. The zero-order chi connectivity index (χ0) is 8.97. The molecule has 0 radical (unpaired) electrons. The summed E-state index contributed by atoms with van der Waals surface area (Å²) in [5.74, 6) is 0.553. The van der Waals surface area contributed by atoms with E-state index in [0.717, 1.165) is 19.4 Å². The quantitative estimate of drug-likeness (QED) is 0.775. The Morgan fingerprint density at radius 2 is 2.42 bits per heavy atom. The molecule has 2 N–H and O–H groups in total. The Kier molecular flexibility index (Phi) is 3.69. The van der Waals surface area contributed by atoms with Gasteiger partial charge in [-0.2, -0.15) is 0 Å². The predicted molar refractivity (Wildman–Crippen MR) is 53.4 cm³/mol. The van der Waals surface area contributed by atoms with Gasteiger partial charge in [0.05, 0.1) is 10.7 Å². The molecule has 0 aliphatic carbocycles. The molecule has 0 fully saturated rings. The fourth-order valence-electron chi connectivity index (χ4n) is 1.05. The van der Waals surface area contributed by atoms with Crippen LogP contribution in [0.5, 0.6) is 0 Å². The van der Waals surface area contributed by atoms with Crippen LogP contribution in [0.2, 0.25) is 0 Å². The van der Waals surface area contributed by atoms with Gasteiger partial charge in [0.1, 0.15) is 0 Å². The highest BCUT2D eigenvalue weighted by Gasteiger charge is 2.04. The molecule has 1 atom stereocenters. The molecule has 3 heteroatoms. The molecule has 1 aromatic heterocycles. The standard InChI is InChI=1S/C9H16N2S/c1-3-9-11-8(6-12-9)4-7(2)5-10/h6-7H,3-5,10H2,1-2H3. The molecule has 0 saturated carbocycles. The smallest absolute Gasteiger partial charge is 0.0925 e. The van der Waals surface area contributed by atoms with Crippen LogP contribution >= 0.6 is 11.3 Å². The Labute approximate surface area is 77.8 Å². The highest BCUT2D eigenvalue weighted by atomic mass is 32.1. The molecular formula is C9H16N2S. The predicted octanol–water partition coefficient (Wildman–Crippen LogP) is 1.84. The molecule has 0 aromatic carbocycles. The van der Waals surface area contributed by atoms with Crippen LogP contribution in [0.15, 0.2) is 5.38 Å². The normalized spacial score (nSPS) is 13.2. The summed E-state index contributed by atoms with van der Waals surface area (Å²) in [4.78, 5) is 4.48. The highest BCUT2D eigenvalue weighted by Crippen LogP contribution is 2.13. The molecule has 0 spiro atoms. The van der Waals surface area contributed by atoms with Crippen molar-refractivity contribution in [3.05, 3.63) is 16.1 Å². The summed E-state index contributed by atoms with van der Waals surface area (Å²) in [6.45, 7) is 5.04. The molecule has 0 aliphatic rings. The Morgan fingerprint density at radius 1 is 1.67 bits per heavy atom. The van der Waals surface area contributed by atoms with Gasteiger partial charge in [0.25, 0.3) is 0 Å². The van der Waals surface area contributed by atoms with Gasteiger partial charge in [0, 0.05) is 5.38 Å². The van der Waals surface area contributed by atoms with Crippen molar-refractivity contribution in [2.45, 2.75) is 26.7 Å². The number of rotatable bonds is 4. The maximum Gasteiger partial charge on any atom is 0.0925 e. The van der Waals surface area contributed by atoms with Crippen molar-refractivity contribution in [2.75, 3.05) is 6.54 Å². The zero-order valence-electron chi connectivity index (χ0n) is 7.71. The van der Waals surface area contributed by atoms with Crippen molar-refractivity contribution in [3.63, 3.8) is 0 Å². The molecule has 0 bridgehead atoms. The van der Waals surface area contributed by atoms with Gasteiger partial charge in [-0.25, -0.2) is 4.98 Å². The Morgan fingerprint density at radius 3 is 2.92 bits per heavy atom. The number of hydrogen-bond acceptors (Lipinski definition) is 3. The number of hydrogen-bond donors (Lipinski definition) is 1. The number of nitrogens with two attached hydrogens (primary N) is 1. The fourth-order valence-corrected chi connectivity index (χ4v) is 1.80. The molecule has 1 rings (SSSR count). The minimum atomic E-state index is 0.553. The Bertz CT molecular complexity index is 232. The van der Waals surface area contributed by atoms with E-state index in [0.29, 0.717) is 5.92 Å². The van der Waals surface area contributed by atoms with Gasteiger partial charge in [-0.1, -0.05) is 13.8 Å². The van der Waals surface area contributed by atoms with E-state index in [4.69, 9.17) is 5.73 Å². The van der Waals surface area contributed by atoms with E-state index in [1.54, 1.807) is 11.3 Å². The lowest BCUT2D eigenvalue weighted by Crippen LogP contribution is -2.13. The van der Waals surface area contributed by atoms with E-state index in [2.05, 4.69) is 24.2 Å². The lowest BCUT2D eigenvalue weighted by Gasteiger charge is -2.03. The van der Waals surface area contributed by atoms with Gasteiger partial charge >= 0.3 is 0 Å². The van der Waals surface area contributed by atoms with Crippen molar-refractivity contribution >= 4 is 11.3 Å². The van der Waals surface area contributed by atoms with Crippen molar-refractivity contribution in [3.8, 4) is 0 Å². The molecule has 1 unspecified atom stereocenters. The van der Waals surface area contributed by atoms with E-state index in [1.807, 2.05) is 0 Å². The number of aryl methyl sites for hydroxylation is 1. The molecule has 68 valence electrons. The Balaban J connectivity index is 2.52. The van der Waals surface area contributed by atoms with Gasteiger partial charge < -0.3 is 5.73 Å². The first-order valence-corrected chi connectivity index (χ1v) is 5.27. The maximum atomic E-state index is 5.53. The van der Waals surface area contributed by atoms with Crippen molar-refractivity contribution in [1.29, 1.82) is 0 Å². The zero-order valence-corrected chi connectivity index (χ0v) is 8.53. The molecular weight excluding hydrogens is 168 g/mol. The summed E-state index contributed by atoms with van der Waals surface area (Å²) in [6.07, 6.45) is 2.06. The molecule has 12 heavy (non-hydrogen) atoms. The van der Waals surface area contributed by atoms with Crippen LogP contribution in [-0.4, -0.2) is 11.5 Å². The second-order valence-corrected chi connectivity index (χ2v) is 4.07. The SMILES string of the molecule is CCc1nc(CC(C)CN)cs1. The van der Waals surface area contributed by atoms with Crippen LogP contribution in [0.1, 0.15) is 24.5 Å². The average molecular weight is 184 g/mol. The summed E-state index contributed by atoms with van der Waals surface area (Å²) < 4.78 is 0. The van der Waals surface area contributed by atoms with Gasteiger partial charge in [-0.3, -0.25) is 0 Å². The fraction of sp³-hybridized carbons (Fsp3) is 0.667. The Hall–Kier alpha value is -0.410. The van der Waals surface area contributed by atoms with Crippen molar-refractivity contribution < 1.29 is 0 Å². The summed E-state index contributed by atoms with van der Waals surface area (Å²) in [7, 11) is 0. The summed E-state index contributed by atoms with van der Waals surface area (Å²) in [5.41, 5.74) is 6.74. The van der Waals surface area contributed by atoms with Gasteiger partial charge in [-0.05, 0) is 25.3 Å². The minimum absolute atomic E-state index is 0.553. The van der Waals surface area contributed by atoms with Gasteiger partial charge in [0.2, 0.25) is 0 Å². The van der Waals surface area contributed by atoms with Gasteiger partial charge in [-0.15, -0.1) is 11.3 Å². The minimum Gasteiger partial charge on any atom is -0.330 e. The molecule has 0 saturated heterocycles. The van der Waals surface area contributed by atoms with Crippen LogP contribution in [0.4, 0.5) is 0 Å². The first kappa shape index (κ1) is 9.68. The van der Waals surface area contributed by atoms with Crippen molar-refractivity contribution in [1.82, 2.24) is 4.98 Å². The van der Waals surface area contributed by atoms with E-state index in [9.17, 15) is 0 Å². The number of thiazole rings is 1. The summed E-state index contributed by atoms with van der Waals surface area (Å²) >= 11 is 1.75. The first-order chi connectivity index (χ1) is 5.76. The lowest BCUT2D eigenvalue weighted by molar-refractivity contribution is 0.585. The highest BCUT2D eigenvalue weighted by molar-refractivity contribution is 7.09. The van der Waals surface area contributed by atoms with Gasteiger partial charge in [0.15, 0.2) is 0 Å². The second-order valence-electron chi connectivity index (χ2n) is 3.13. The third-order valence-corrected chi connectivity index (χ3v) is 2.90. The van der Waals surface area contributed by atoms with Crippen LogP contribution < -0.4 is 5.73 Å². The van der Waals surface area contributed by atoms with Crippen LogP contribution in [0, 0.1) is 5.92 Å². The monoisotopic (exact) mass is 184 g/mol. The second kappa shape index (κ2) is 4.58. The van der Waals surface area contributed by atoms with E-state index in [1.165, 1.54) is 10.7 Å². The van der Waals surface area contributed by atoms with E-state index in [-0.39, 0.29) is 0 Å². The number of nitrogens with zero attached hydrogens (tertiary/aromatic N) is 1. The third-order valence-electron chi connectivity index (χ3n) is 1.86. The van der Waals surface area contributed by atoms with E-state index < -0.39 is 0 Å². The largest absolute Gasteiger partial charge is 0.330 e. The maximum absolute atomic E-state index is 5.53. The first-order valence-electron chi connectivity index (χ1n) is 4.39. The van der Waals surface area contributed by atoms with Crippen LogP contribution in [0.3, 0.4) is 0 Å². The molecule has 0 amide bonds. The van der Waals surface area contributed by atoms with E-state index >= 15 is 0 Å². The lowest BCUT2D eigenvalue weighted by atomic mass is 10.1. The molecule has 1 heterocycles. The van der Waals surface area contributed by atoms with Crippen molar-refractivity contribution in [2.24, 2.45) is 11.7 Å². The number of aromatic nitrogens is 1. The molecule has 2 nitrogen and oxygen atoms in total. The van der Waals surface area contributed by atoms with Crippen LogP contribution in [-0.2, 0) is 12.8 Å². The molecule has 1 aromatic rings. The van der Waals surface area contributed by atoms with Crippen LogP contribution in [0.25, 0.3) is 0 Å². The summed E-state index contributed by atoms with van der Waals surface area (Å²) in [6, 6.07) is 0. The topological polar surface area (TPSA) is 38.9 Å². The summed E-state index contributed by atoms with van der Waals surface area (Å²) in [5, 5.41) is 3.37. The average Bonchev–Trinajstić information content (AvgIpc) is 2.52.